The molecule has 0 atom stereocenters. The molecule has 0 radical (unpaired) electrons. The van der Waals surface area contributed by atoms with E-state index in [1.54, 1.807) is 18.2 Å². The van der Waals surface area contributed by atoms with Gasteiger partial charge >= 0.3 is 11.6 Å². The number of benzene rings is 2. The van der Waals surface area contributed by atoms with Crippen LogP contribution >= 0.6 is 11.6 Å². The standard InChI is InChI=1S/C16H9ClO5/c17-12-3-1-2-4-14(12)22-16(20)11-8-9-7-10(18)5-6-13(9)21-15(11)19/h1-8,18H. The number of hydrogen-bond donors (Lipinski definition) is 1. The van der Waals surface area contributed by atoms with Crippen LogP contribution < -0.4 is 10.4 Å². The lowest BCUT2D eigenvalue weighted by molar-refractivity contribution is 0.0730. The molecular formula is C16H9ClO5. The number of phenols is 1. The lowest BCUT2D eigenvalue weighted by Gasteiger charge is -2.06. The van der Waals surface area contributed by atoms with Gasteiger partial charge in [0, 0.05) is 5.39 Å². The zero-order valence-electron chi connectivity index (χ0n) is 11.1. The van der Waals surface area contributed by atoms with Gasteiger partial charge in [-0.25, -0.2) is 9.59 Å². The summed E-state index contributed by atoms with van der Waals surface area (Å²) in [6, 6.07) is 11.9. The minimum absolute atomic E-state index is 0.00762. The lowest BCUT2D eigenvalue weighted by atomic mass is 10.2. The summed E-state index contributed by atoms with van der Waals surface area (Å²) in [5, 5.41) is 10.1. The van der Waals surface area contributed by atoms with E-state index in [4.69, 9.17) is 20.8 Å². The van der Waals surface area contributed by atoms with Crippen molar-refractivity contribution >= 4 is 28.5 Å². The Morgan fingerprint density at radius 3 is 2.68 bits per heavy atom. The van der Waals surface area contributed by atoms with Crippen LogP contribution in [-0.2, 0) is 0 Å². The number of para-hydroxylation sites is 1. The number of hydrogen-bond acceptors (Lipinski definition) is 5. The summed E-state index contributed by atoms with van der Waals surface area (Å²) in [6.45, 7) is 0. The van der Waals surface area contributed by atoms with Gasteiger partial charge in [0.25, 0.3) is 0 Å². The van der Waals surface area contributed by atoms with E-state index in [9.17, 15) is 14.7 Å². The Labute approximate surface area is 129 Å². The lowest BCUT2D eigenvalue weighted by Crippen LogP contribution is -2.18. The van der Waals surface area contributed by atoms with Crippen molar-refractivity contribution < 1.29 is 19.1 Å². The van der Waals surface area contributed by atoms with E-state index in [0.717, 1.165) is 0 Å². The first-order valence-corrected chi connectivity index (χ1v) is 6.66. The third-order valence-corrected chi connectivity index (χ3v) is 3.29. The van der Waals surface area contributed by atoms with E-state index >= 15 is 0 Å². The van der Waals surface area contributed by atoms with Crippen LogP contribution in [0, 0.1) is 0 Å². The maximum absolute atomic E-state index is 12.1. The molecule has 0 unspecified atom stereocenters. The maximum atomic E-state index is 12.1. The monoisotopic (exact) mass is 316 g/mol. The molecule has 1 aromatic heterocycles. The van der Waals surface area contributed by atoms with Crippen molar-refractivity contribution in [2.24, 2.45) is 0 Å². The molecule has 22 heavy (non-hydrogen) atoms. The summed E-state index contributed by atoms with van der Waals surface area (Å²) < 4.78 is 10.1. The van der Waals surface area contributed by atoms with Gasteiger partial charge in [0.15, 0.2) is 0 Å². The molecule has 110 valence electrons. The fraction of sp³-hybridized carbons (Fsp3) is 0. The highest BCUT2D eigenvalue weighted by molar-refractivity contribution is 6.32. The average Bonchev–Trinajstić information content (AvgIpc) is 2.49. The Hall–Kier alpha value is -2.79. The van der Waals surface area contributed by atoms with Crippen molar-refractivity contribution in [2.75, 3.05) is 0 Å². The smallest absolute Gasteiger partial charge is 0.351 e. The van der Waals surface area contributed by atoms with Crippen LogP contribution in [0.3, 0.4) is 0 Å². The number of ether oxygens (including phenoxy) is 1. The van der Waals surface area contributed by atoms with Gasteiger partial charge in [-0.15, -0.1) is 0 Å². The van der Waals surface area contributed by atoms with Crippen molar-refractivity contribution in [1.82, 2.24) is 0 Å². The first kappa shape index (κ1) is 14.2. The SMILES string of the molecule is O=C(Oc1ccccc1Cl)c1cc2cc(O)ccc2oc1=O. The van der Waals surface area contributed by atoms with Crippen LogP contribution in [0.15, 0.2) is 57.7 Å². The van der Waals surface area contributed by atoms with E-state index in [0.29, 0.717) is 5.39 Å². The molecule has 0 saturated heterocycles. The van der Waals surface area contributed by atoms with Gasteiger partial charge in [-0.3, -0.25) is 0 Å². The Kier molecular flexibility index (Phi) is 3.56. The minimum atomic E-state index is -0.882. The second kappa shape index (κ2) is 5.54. The molecular weight excluding hydrogens is 308 g/mol. The van der Waals surface area contributed by atoms with Gasteiger partial charge in [-0.05, 0) is 36.4 Å². The van der Waals surface area contributed by atoms with Crippen molar-refractivity contribution in [2.45, 2.75) is 0 Å². The third-order valence-electron chi connectivity index (χ3n) is 2.97. The normalized spacial score (nSPS) is 10.6. The van der Waals surface area contributed by atoms with Crippen molar-refractivity contribution in [3.05, 3.63) is 69.5 Å². The topological polar surface area (TPSA) is 76.7 Å². The molecule has 0 bridgehead atoms. The predicted molar refractivity (Wildman–Crippen MR) is 80.6 cm³/mol. The van der Waals surface area contributed by atoms with Crippen LogP contribution in [0.2, 0.25) is 5.02 Å². The number of esters is 1. The number of fused-ring (bicyclic) bond motifs is 1. The number of carbonyl (C=O) groups is 1. The highest BCUT2D eigenvalue weighted by atomic mass is 35.5. The average molecular weight is 317 g/mol. The van der Waals surface area contributed by atoms with E-state index in [1.165, 1.54) is 30.3 Å². The fourth-order valence-corrected chi connectivity index (χ4v) is 2.11. The fourth-order valence-electron chi connectivity index (χ4n) is 1.94. The predicted octanol–water partition coefficient (Wildman–Crippen LogP) is 3.37. The molecule has 3 aromatic rings. The minimum Gasteiger partial charge on any atom is -0.508 e. The molecule has 1 N–H and O–H groups in total. The molecule has 0 saturated carbocycles. The molecule has 0 amide bonds. The van der Waals surface area contributed by atoms with E-state index in [1.807, 2.05) is 0 Å². The Bertz CT molecular complexity index is 929. The van der Waals surface area contributed by atoms with Crippen molar-refractivity contribution in [1.29, 1.82) is 0 Å². The Morgan fingerprint density at radius 2 is 1.91 bits per heavy atom. The number of carbonyl (C=O) groups excluding carboxylic acids is 1. The first-order valence-electron chi connectivity index (χ1n) is 6.28. The van der Waals surface area contributed by atoms with Crippen LogP contribution in [-0.4, -0.2) is 11.1 Å². The molecule has 0 aliphatic rings. The number of aromatic hydroxyl groups is 1. The molecule has 2 aromatic carbocycles. The summed E-state index contributed by atoms with van der Waals surface area (Å²) >= 11 is 5.90. The second-order valence-electron chi connectivity index (χ2n) is 4.49. The van der Waals surface area contributed by atoms with E-state index in [-0.39, 0.29) is 27.7 Å². The molecule has 6 heteroatoms. The van der Waals surface area contributed by atoms with Gasteiger partial charge < -0.3 is 14.3 Å². The maximum Gasteiger partial charge on any atom is 0.351 e. The van der Waals surface area contributed by atoms with Gasteiger partial charge in [0.2, 0.25) is 0 Å². The van der Waals surface area contributed by atoms with Crippen LogP contribution in [0.4, 0.5) is 0 Å². The molecule has 0 aliphatic carbocycles. The van der Waals surface area contributed by atoms with Gasteiger partial charge in [0.1, 0.15) is 22.6 Å². The van der Waals surface area contributed by atoms with Crippen molar-refractivity contribution in [3.8, 4) is 11.5 Å². The Balaban J connectivity index is 2.02. The summed E-state index contributed by atoms with van der Waals surface area (Å²) in [4.78, 5) is 24.0. The van der Waals surface area contributed by atoms with Crippen LogP contribution in [0.25, 0.3) is 11.0 Å². The zero-order chi connectivity index (χ0) is 15.7. The molecule has 0 spiro atoms. The first-order chi connectivity index (χ1) is 10.5. The molecule has 0 fully saturated rings. The van der Waals surface area contributed by atoms with Gasteiger partial charge in [-0.1, -0.05) is 23.7 Å². The summed E-state index contributed by atoms with van der Waals surface area (Å²) in [7, 11) is 0. The zero-order valence-corrected chi connectivity index (χ0v) is 11.8. The highest BCUT2D eigenvalue weighted by Gasteiger charge is 2.17. The third kappa shape index (κ3) is 2.66. The van der Waals surface area contributed by atoms with Crippen LogP contribution in [0.1, 0.15) is 10.4 Å². The number of rotatable bonds is 2. The summed E-state index contributed by atoms with van der Waals surface area (Å²) in [5.41, 5.74) is -0.842. The largest absolute Gasteiger partial charge is 0.508 e. The highest BCUT2D eigenvalue weighted by Crippen LogP contribution is 2.24. The molecule has 1 heterocycles. The van der Waals surface area contributed by atoms with E-state index in [2.05, 4.69) is 0 Å². The number of phenolic OH excluding ortho intramolecular Hbond substituents is 1. The molecule has 3 rings (SSSR count). The Morgan fingerprint density at radius 1 is 1.14 bits per heavy atom. The van der Waals surface area contributed by atoms with Crippen LogP contribution in [0.5, 0.6) is 11.5 Å². The quantitative estimate of drug-likeness (QED) is 0.445. The van der Waals surface area contributed by atoms with Gasteiger partial charge in [-0.2, -0.15) is 0 Å². The van der Waals surface area contributed by atoms with Gasteiger partial charge in [0.05, 0.1) is 5.02 Å². The van der Waals surface area contributed by atoms with Crippen molar-refractivity contribution in [3.63, 3.8) is 0 Å². The summed E-state index contributed by atoms with van der Waals surface area (Å²) in [6.07, 6.45) is 0. The molecule has 0 aliphatic heterocycles. The van der Waals surface area contributed by atoms with E-state index < -0.39 is 11.6 Å². The summed E-state index contributed by atoms with van der Waals surface area (Å²) in [5.74, 6) is -0.747. The second-order valence-corrected chi connectivity index (χ2v) is 4.90. The number of halogens is 1. The molecule has 5 nitrogen and oxygen atoms in total.